The minimum absolute atomic E-state index is 0.0422. The van der Waals surface area contributed by atoms with Crippen LogP contribution in [0, 0.1) is 50.2 Å². The van der Waals surface area contributed by atoms with Gasteiger partial charge in [-0.1, -0.05) is 60.1 Å². The van der Waals surface area contributed by atoms with Gasteiger partial charge in [-0.3, -0.25) is 4.79 Å². The molecule has 662 valence electrons. The number of aliphatic hydroxyl groups is 22. The topological polar surface area (TPSA) is 610 Å². The summed E-state index contributed by atoms with van der Waals surface area (Å²) in [6.07, 6.45) is -56.6. The monoisotopic (exact) mass is 1660 g/mol. The van der Waals surface area contributed by atoms with Crippen molar-refractivity contribution in [2.75, 3.05) is 39.6 Å². The number of fused-ring (bicyclic) bond motifs is 7. The van der Waals surface area contributed by atoms with E-state index >= 15 is 4.79 Å². The summed E-state index contributed by atoms with van der Waals surface area (Å²) in [5.41, 5.74) is -1.78. The largest absolute Gasteiger partial charge is 0.432 e. The summed E-state index contributed by atoms with van der Waals surface area (Å²) in [4.78, 5) is 15.4. The van der Waals surface area contributed by atoms with Crippen LogP contribution < -0.4 is 0 Å². The van der Waals surface area contributed by atoms with Gasteiger partial charge in [0, 0.05) is 0 Å². The zero-order chi connectivity index (χ0) is 83.7. The van der Waals surface area contributed by atoms with Gasteiger partial charge in [0.1, 0.15) is 171 Å². The molecule has 8 aliphatic heterocycles. The fraction of sp³-hybridized carbons (Fsp3) is 0.961. The summed E-state index contributed by atoms with van der Waals surface area (Å²) in [6.45, 7) is 14.4. The molecule has 0 aromatic heterocycles. The fourth-order valence-electron chi connectivity index (χ4n) is 21.6. The number of hydrogen-bond donors (Lipinski definition) is 22. The predicted molar refractivity (Wildman–Crippen MR) is 379 cm³/mol. The summed E-state index contributed by atoms with van der Waals surface area (Å²) in [7, 11) is 0. The maximum atomic E-state index is 15.4. The van der Waals surface area contributed by atoms with Gasteiger partial charge in [0.05, 0.1) is 63.4 Å². The van der Waals surface area contributed by atoms with Crippen LogP contribution in [0.1, 0.15) is 127 Å². The van der Waals surface area contributed by atoms with Crippen LogP contribution in [-0.4, -0.2) is 397 Å². The quantitative estimate of drug-likeness (QED) is 0.0306. The van der Waals surface area contributed by atoms with Crippen LogP contribution in [0.4, 0.5) is 0 Å². The lowest BCUT2D eigenvalue weighted by Gasteiger charge is -2.71. The highest BCUT2D eigenvalue weighted by Gasteiger charge is 2.71. The van der Waals surface area contributed by atoms with Gasteiger partial charge in [-0.25, -0.2) is 0 Å². The van der Waals surface area contributed by atoms with Gasteiger partial charge in [-0.15, -0.1) is 0 Å². The third-order valence-corrected chi connectivity index (χ3v) is 29.0. The van der Waals surface area contributed by atoms with Crippen LogP contribution in [0.3, 0.4) is 0 Å². The number of carbonyl (C=O) groups excluding carboxylic acids is 1. The number of ether oxygens (including phenoxy) is 16. The van der Waals surface area contributed by atoms with Crippen molar-refractivity contribution in [3.05, 3.63) is 11.6 Å². The van der Waals surface area contributed by atoms with Gasteiger partial charge in [0.15, 0.2) is 44.0 Å². The van der Waals surface area contributed by atoms with Gasteiger partial charge in [-0.2, -0.15) is 0 Å². The number of esters is 1. The zero-order valence-electron chi connectivity index (χ0n) is 65.9. The van der Waals surface area contributed by atoms with Crippen LogP contribution in [0.2, 0.25) is 0 Å². The molecule has 8 heterocycles. The Morgan fingerprint density at radius 2 is 0.913 bits per heavy atom. The highest BCUT2D eigenvalue weighted by Crippen LogP contribution is 2.76. The first-order valence-electron chi connectivity index (χ1n) is 40.4. The minimum Gasteiger partial charge on any atom is -0.432 e. The predicted octanol–water partition coefficient (Wildman–Crippen LogP) is -7.41. The van der Waals surface area contributed by atoms with E-state index in [1.165, 1.54) is 13.8 Å². The highest BCUT2D eigenvalue weighted by molar-refractivity contribution is 5.79. The average Bonchev–Trinajstić information content (AvgIpc) is 0.673. The molecule has 12 fully saturated rings. The Morgan fingerprint density at radius 1 is 0.417 bits per heavy atom. The number of rotatable bonds is 20. The van der Waals surface area contributed by atoms with Crippen molar-refractivity contribution in [2.45, 2.75) is 366 Å². The molecule has 22 N–H and O–H groups in total. The SMILES string of the molecule is CC1OC(OC2C(CO)OC(OCC3OC(OC(=O)C45CCC(C)(C)CC4C4=CCC6C7(C)CCC(OC8OCC(O)C(O)C8OC8OC(C)C(O)C(OC9OCC(OC%10OC(CO)C(OC%11OC(CO)C(O)C(O)C%11O)C(O)C%10O)C(O)C9O)C8O)C(C)(C)C7CCC6(C)C4(C)CC5)C(O)C(O)C3O)C(O)C2O)C(O)C(O)C1O. The standard InChI is InChI=1S/C76H124O39/c1-27-40(81)46(87)52(93)64(103-27)111-58-33(22-78)106-62(55(96)49(58)90)101-25-35-44(85)48(89)54(95)67(109-35)115-70(99)76-18-16-71(3,4)20-30(76)29-10-11-38-73(7)14-13-39(72(5,6)37(73)12-15-75(38,9)74(29,8)17-19-76)110-69-61(42(83)31(80)24-100-69)114-68-57(98)60(41(82)28(2)104-68)113-63-51(92)45(86)36(26-102-63)108-65-56(97)50(91)59(34(23-79)107-65)112-66-53(94)47(88)43(84)32(21-77)105-66/h10,27-28,30-69,77-98H,11-26H2,1-9H3. The summed E-state index contributed by atoms with van der Waals surface area (Å²) >= 11 is 0. The van der Waals surface area contributed by atoms with E-state index in [2.05, 4.69) is 54.5 Å². The van der Waals surface area contributed by atoms with Crippen LogP contribution in [0.25, 0.3) is 0 Å². The lowest BCUT2D eigenvalue weighted by Crippen LogP contribution is -2.66. The van der Waals surface area contributed by atoms with Crippen LogP contribution in [0.15, 0.2) is 11.6 Å². The van der Waals surface area contributed by atoms with Gasteiger partial charge in [-0.05, 0) is 123 Å². The van der Waals surface area contributed by atoms with Crippen molar-refractivity contribution in [1.29, 1.82) is 0 Å². The average molecular weight is 1660 g/mol. The first kappa shape index (κ1) is 90.5. The van der Waals surface area contributed by atoms with Crippen LogP contribution >= 0.6 is 0 Å². The molecule has 0 spiro atoms. The number of carbonyl (C=O) groups is 1. The molecular formula is C76H124O39. The van der Waals surface area contributed by atoms with Crippen LogP contribution in [-0.2, 0) is 80.6 Å². The second-order valence-electron chi connectivity index (χ2n) is 36.6. The van der Waals surface area contributed by atoms with E-state index in [0.717, 1.165) is 18.4 Å². The van der Waals surface area contributed by atoms with Crippen molar-refractivity contribution in [3.8, 4) is 0 Å². The Balaban J connectivity index is 0.639. The van der Waals surface area contributed by atoms with Crippen molar-refractivity contribution >= 4 is 5.97 Å². The van der Waals surface area contributed by atoms with Gasteiger partial charge in [0.2, 0.25) is 6.29 Å². The highest BCUT2D eigenvalue weighted by atomic mass is 16.8. The van der Waals surface area contributed by atoms with Crippen molar-refractivity contribution in [1.82, 2.24) is 0 Å². The molecule has 39 nitrogen and oxygen atoms in total. The van der Waals surface area contributed by atoms with Gasteiger partial charge in [0.25, 0.3) is 0 Å². The van der Waals surface area contributed by atoms with E-state index in [0.29, 0.717) is 51.4 Å². The molecule has 13 aliphatic rings. The fourth-order valence-corrected chi connectivity index (χ4v) is 21.6. The molecule has 0 amide bonds. The molecule has 0 aromatic rings. The van der Waals surface area contributed by atoms with E-state index in [4.69, 9.17) is 75.8 Å². The molecule has 0 aromatic carbocycles. The summed E-state index contributed by atoms with van der Waals surface area (Å²) in [5, 5.41) is 241. The number of hydrogen-bond acceptors (Lipinski definition) is 39. The Morgan fingerprint density at radius 3 is 1.55 bits per heavy atom. The number of aliphatic hydroxyl groups excluding tert-OH is 22. The molecule has 39 heteroatoms. The van der Waals surface area contributed by atoms with E-state index in [1.54, 1.807) is 0 Å². The maximum Gasteiger partial charge on any atom is 0.315 e. The second-order valence-corrected chi connectivity index (χ2v) is 36.6. The molecule has 115 heavy (non-hydrogen) atoms. The summed E-state index contributed by atoms with van der Waals surface area (Å²) in [5.74, 6) is -0.804. The van der Waals surface area contributed by atoms with E-state index in [9.17, 15) is 112 Å². The van der Waals surface area contributed by atoms with E-state index < -0.39 is 295 Å². The van der Waals surface area contributed by atoms with Crippen molar-refractivity contribution in [3.63, 3.8) is 0 Å². The van der Waals surface area contributed by atoms with Gasteiger partial charge >= 0.3 is 5.97 Å². The van der Waals surface area contributed by atoms with Gasteiger partial charge < -0.3 is 188 Å². The lowest BCUT2D eigenvalue weighted by molar-refractivity contribution is -0.386. The Labute approximate surface area is 664 Å². The number of allylic oxidation sites excluding steroid dienone is 2. The first-order chi connectivity index (χ1) is 54.0. The lowest BCUT2D eigenvalue weighted by atomic mass is 9.33. The molecule has 46 atom stereocenters. The zero-order valence-corrected chi connectivity index (χ0v) is 65.9. The first-order valence-corrected chi connectivity index (χ1v) is 40.4. The minimum atomic E-state index is -2.02. The second kappa shape index (κ2) is 34.7. The molecule has 8 saturated heterocycles. The molecule has 46 unspecified atom stereocenters. The molecule has 13 rings (SSSR count). The molecule has 0 radical (unpaired) electrons. The van der Waals surface area contributed by atoms with Crippen molar-refractivity contribution < 1.29 is 193 Å². The third-order valence-electron chi connectivity index (χ3n) is 29.0. The Hall–Kier alpha value is -2.27. The smallest absolute Gasteiger partial charge is 0.315 e. The summed E-state index contributed by atoms with van der Waals surface area (Å²) in [6, 6.07) is 0. The maximum absolute atomic E-state index is 15.4. The van der Waals surface area contributed by atoms with E-state index in [1.807, 2.05) is 0 Å². The molecule has 5 aliphatic carbocycles. The molecule has 4 saturated carbocycles. The van der Waals surface area contributed by atoms with Crippen LogP contribution in [0.5, 0.6) is 0 Å². The Kier molecular flexibility index (Phi) is 27.3. The normalized spacial score (nSPS) is 54.6. The molecule has 0 bridgehead atoms. The Bertz CT molecular complexity index is 3290. The van der Waals surface area contributed by atoms with Crippen molar-refractivity contribution in [2.24, 2.45) is 50.2 Å². The molecular weight excluding hydrogens is 1540 g/mol. The summed E-state index contributed by atoms with van der Waals surface area (Å²) < 4.78 is 94.8. The third kappa shape index (κ3) is 16.2. The van der Waals surface area contributed by atoms with E-state index in [-0.39, 0.29) is 40.6 Å².